The third-order valence-corrected chi connectivity index (χ3v) is 2.61. The van der Waals surface area contributed by atoms with Crippen molar-refractivity contribution in [1.82, 2.24) is 5.32 Å². The molecule has 0 bridgehead atoms. The summed E-state index contributed by atoms with van der Waals surface area (Å²) in [4.78, 5) is 11.2. The predicted molar refractivity (Wildman–Crippen MR) is 61.8 cm³/mol. The van der Waals surface area contributed by atoms with E-state index in [1.807, 2.05) is 0 Å². The Bertz CT molecular complexity index is 483. The quantitative estimate of drug-likeness (QED) is 0.839. The smallest absolute Gasteiger partial charge is 0.351 e. The fourth-order valence-electron chi connectivity index (χ4n) is 1.64. The van der Waals surface area contributed by atoms with Crippen molar-refractivity contribution in [1.29, 1.82) is 0 Å². The van der Waals surface area contributed by atoms with Crippen molar-refractivity contribution in [3.05, 3.63) is 35.4 Å². The van der Waals surface area contributed by atoms with Gasteiger partial charge in [-0.1, -0.05) is 24.3 Å². The Balaban J connectivity index is 2.79. The van der Waals surface area contributed by atoms with Crippen LogP contribution in [0.15, 0.2) is 24.3 Å². The second-order valence-electron chi connectivity index (χ2n) is 4.26. The summed E-state index contributed by atoms with van der Waals surface area (Å²) < 4.78 is 73.9. The summed E-state index contributed by atoms with van der Waals surface area (Å²) in [5, 5.41) is 1.64. The molecule has 0 radical (unpaired) electrons. The van der Waals surface area contributed by atoms with Gasteiger partial charge in [0.25, 0.3) is 0 Å². The molecule has 1 rings (SSSR count). The molecule has 0 fully saturated rings. The zero-order chi connectivity index (χ0) is 16.3. The van der Waals surface area contributed by atoms with Gasteiger partial charge < -0.3 is 11.1 Å². The number of halogens is 6. The zero-order valence-corrected chi connectivity index (χ0v) is 10.6. The van der Waals surface area contributed by atoms with Crippen molar-refractivity contribution in [3.63, 3.8) is 0 Å². The van der Waals surface area contributed by atoms with Crippen LogP contribution in [0.4, 0.5) is 26.3 Å². The van der Waals surface area contributed by atoms with Crippen molar-refractivity contribution < 1.29 is 31.1 Å². The number of hydrogen-bond acceptors (Lipinski definition) is 2. The van der Waals surface area contributed by atoms with E-state index in [1.165, 1.54) is 18.2 Å². The average Bonchev–Trinajstić information content (AvgIpc) is 2.33. The van der Waals surface area contributed by atoms with E-state index in [0.717, 1.165) is 0 Å². The summed E-state index contributed by atoms with van der Waals surface area (Å²) in [5.41, 5.74) is 6.35. The molecule has 1 aromatic carbocycles. The number of nitrogens with two attached hydrogens (primary N) is 1. The molecule has 0 heterocycles. The molecule has 0 aliphatic heterocycles. The van der Waals surface area contributed by atoms with Crippen LogP contribution in [0.25, 0.3) is 0 Å². The molecule has 0 aliphatic carbocycles. The van der Waals surface area contributed by atoms with Gasteiger partial charge >= 0.3 is 12.4 Å². The zero-order valence-electron chi connectivity index (χ0n) is 10.6. The molecule has 3 N–H and O–H groups in total. The molecule has 0 aliphatic rings. The maximum absolute atomic E-state index is 12.3. The third kappa shape index (κ3) is 4.92. The first kappa shape index (κ1) is 17.3. The summed E-state index contributed by atoms with van der Waals surface area (Å²) in [6, 6.07) is 6.11. The molecule has 0 atom stereocenters. The second kappa shape index (κ2) is 6.33. The van der Waals surface area contributed by atoms with Crippen LogP contribution < -0.4 is 11.1 Å². The van der Waals surface area contributed by atoms with Crippen LogP contribution in [0.3, 0.4) is 0 Å². The molecule has 0 saturated heterocycles. The predicted octanol–water partition coefficient (Wildman–Crippen LogP) is 2.50. The van der Waals surface area contributed by atoms with Crippen LogP contribution in [0, 0.1) is 5.92 Å². The van der Waals surface area contributed by atoms with Crippen LogP contribution in [-0.4, -0.2) is 18.3 Å². The molecule has 1 amide bonds. The molecule has 0 aromatic heterocycles. The van der Waals surface area contributed by atoms with E-state index < -0.39 is 30.7 Å². The molecule has 1 aromatic rings. The number of amides is 1. The van der Waals surface area contributed by atoms with Crippen molar-refractivity contribution in [2.24, 2.45) is 11.7 Å². The molecule has 9 heteroatoms. The molecule has 0 saturated carbocycles. The largest absolute Gasteiger partial charge is 0.409 e. The molecular formula is C12H12F6N2O. The minimum absolute atomic E-state index is 0.162. The van der Waals surface area contributed by atoms with Crippen LogP contribution in [0.5, 0.6) is 0 Å². The summed E-state index contributed by atoms with van der Waals surface area (Å²) >= 11 is 0. The lowest BCUT2D eigenvalue weighted by atomic mass is 10.1. The van der Waals surface area contributed by atoms with Gasteiger partial charge in [0.15, 0.2) is 0 Å². The van der Waals surface area contributed by atoms with Gasteiger partial charge in [0.1, 0.15) is 0 Å². The molecule has 3 nitrogen and oxygen atoms in total. The summed E-state index contributed by atoms with van der Waals surface area (Å²) in [6.45, 7) is -0.287. The van der Waals surface area contributed by atoms with Gasteiger partial charge in [-0.2, -0.15) is 26.3 Å². The summed E-state index contributed by atoms with van der Waals surface area (Å²) in [7, 11) is 0. The Labute approximate surface area is 116 Å². The lowest BCUT2D eigenvalue weighted by Gasteiger charge is -2.22. The van der Waals surface area contributed by atoms with Gasteiger partial charge in [-0.3, -0.25) is 4.79 Å². The number of carbonyl (C=O) groups excluding carboxylic acids is 1. The topological polar surface area (TPSA) is 55.1 Å². The van der Waals surface area contributed by atoms with Crippen molar-refractivity contribution in [3.8, 4) is 0 Å². The normalized spacial score (nSPS) is 12.6. The monoisotopic (exact) mass is 314 g/mol. The highest BCUT2D eigenvalue weighted by Crippen LogP contribution is 2.39. The van der Waals surface area contributed by atoms with E-state index >= 15 is 0 Å². The molecule has 118 valence electrons. The van der Waals surface area contributed by atoms with E-state index in [1.54, 1.807) is 11.4 Å². The van der Waals surface area contributed by atoms with Gasteiger partial charge in [-0.05, 0) is 11.1 Å². The minimum Gasteiger partial charge on any atom is -0.351 e. The highest BCUT2D eigenvalue weighted by molar-refractivity contribution is 5.80. The first-order valence-electron chi connectivity index (χ1n) is 5.74. The van der Waals surface area contributed by atoms with E-state index in [4.69, 9.17) is 5.73 Å². The van der Waals surface area contributed by atoms with Gasteiger partial charge in [0.2, 0.25) is 11.8 Å². The first-order chi connectivity index (χ1) is 9.55. The van der Waals surface area contributed by atoms with Crippen LogP contribution in [-0.2, 0) is 17.9 Å². The molecule has 21 heavy (non-hydrogen) atoms. The summed E-state index contributed by atoms with van der Waals surface area (Å²) in [6.07, 6.45) is -11.4. The Morgan fingerprint density at radius 2 is 1.62 bits per heavy atom. The van der Waals surface area contributed by atoms with E-state index in [2.05, 4.69) is 0 Å². The summed E-state index contributed by atoms with van der Waals surface area (Å²) in [5.74, 6) is -6.17. The van der Waals surface area contributed by atoms with Crippen molar-refractivity contribution in [2.45, 2.75) is 25.4 Å². The molecular weight excluding hydrogens is 302 g/mol. The number of nitrogens with one attached hydrogen (secondary N) is 1. The third-order valence-electron chi connectivity index (χ3n) is 2.61. The maximum atomic E-state index is 12.3. The fraction of sp³-hybridized carbons (Fsp3) is 0.417. The Morgan fingerprint density at radius 3 is 2.10 bits per heavy atom. The first-order valence-corrected chi connectivity index (χ1v) is 5.74. The number of hydrogen-bond donors (Lipinski definition) is 2. The van der Waals surface area contributed by atoms with Crippen LogP contribution in [0.2, 0.25) is 0 Å². The van der Waals surface area contributed by atoms with Gasteiger partial charge in [0, 0.05) is 13.1 Å². The highest BCUT2D eigenvalue weighted by Gasteiger charge is 2.60. The average molecular weight is 314 g/mol. The Kier molecular flexibility index (Phi) is 5.21. The van der Waals surface area contributed by atoms with E-state index in [9.17, 15) is 31.1 Å². The lowest BCUT2D eigenvalue weighted by Crippen LogP contribution is -2.47. The van der Waals surface area contributed by atoms with Gasteiger partial charge in [-0.25, -0.2) is 0 Å². The maximum Gasteiger partial charge on any atom is 0.409 e. The van der Waals surface area contributed by atoms with Crippen molar-refractivity contribution >= 4 is 5.91 Å². The standard InChI is InChI=1S/C12H12F6N2O/c13-11(14,15)9(12(16,17)18)10(21)20-6-8-3-1-2-7(4-8)5-19/h1-4,9H,5-6,19H2,(H,20,21). The lowest BCUT2D eigenvalue weighted by molar-refractivity contribution is -0.274. The second-order valence-corrected chi connectivity index (χ2v) is 4.26. The van der Waals surface area contributed by atoms with Gasteiger partial charge in [0.05, 0.1) is 0 Å². The van der Waals surface area contributed by atoms with Crippen molar-refractivity contribution in [2.75, 3.05) is 0 Å². The number of benzene rings is 1. The minimum atomic E-state index is -5.69. The Morgan fingerprint density at radius 1 is 1.10 bits per heavy atom. The number of alkyl halides is 6. The van der Waals surface area contributed by atoms with Crippen LogP contribution in [0.1, 0.15) is 11.1 Å². The molecule has 0 unspecified atom stereocenters. The van der Waals surface area contributed by atoms with Crippen LogP contribution >= 0.6 is 0 Å². The fourth-order valence-corrected chi connectivity index (χ4v) is 1.64. The van der Waals surface area contributed by atoms with E-state index in [-0.39, 0.29) is 6.54 Å². The number of rotatable bonds is 4. The molecule has 0 spiro atoms. The highest BCUT2D eigenvalue weighted by atomic mass is 19.4. The van der Waals surface area contributed by atoms with Gasteiger partial charge in [-0.15, -0.1) is 0 Å². The number of carbonyl (C=O) groups is 1. The van der Waals surface area contributed by atoms with E-state index in [0.29, 0.717) is 11.1 Å². The SMILES string of the molecule is NCc1cccc(CNC(=O)C(C(F)(F)F)C(F)(F)F)c1. The Hall–Kier alpha value is -1.77.